The molecule has 0 saturated carbocycles. The van der Waals surface area contributed by atoms with Gasteiger partial charge in [-0.2, -0.15) is 0 Å². The van der Waals surface area contributed by atoms with Gasteiger partial charge in [0.05, 0.1) is 13.7 Å². The van der Waals surface area contributed by atoms with Crippen molar-refractivity contribution in [2.24, 2.45) is 0 Å². The molecule has 0 radical (unpaired) electrons. The first-order chi connectivity index (χ1) is 12.7. The number of hydrogen-bond acceptors (Lipinski definition) is 3. The summed E-state index contributed by atoms with van der Waals surface area (Å²) in [7, 11) is 1.38. The van der Waals surface area contributed by atoms with Crippen LogP contribution in [0.25, 0.3) is 22.3 Å². The lowest BCUT2D eigenvalue weighted by Crippen LogP contribution is -2.17. The molecule has 3 nitrogen and oxygen atoms in total. The SMILES string of the molecule is COC(=O)C1OCc2c(-c3ccc(Cl)cc3)cccc2-c2ccccc21. The first-order valence-corrected chi connectivity index (χ1v) is 8.73. The molecule has 1 aliphatic heterocycles. The average Bonchev–Trinajstić information content (AvgIpc) is 2.85. The van der Waals surface area contributed by atoms with E-state index in [0.29, 0.717) is 11.6 Å². The Kier molecular flexibility index (Phi) is 4.49. The Balaban J connectivity index is 1.90. The van der Waals surface area contributed by atoms with Gasteiger partial charge in [-0.15, -0.1) is 0 Å². The average molecular weight is 365 g/mol. The van der Waals surface area contributed by atoms with Crippen molar-refractivity contribution in [3.63, 3.8) is 0 Å². The highest BCUT2D eigenvalue weighted by Gasteiger charge is 2.29. The Morgan fingerprint density at radius 1 is 0.962 bits per heavy atom. The van der Waals surface area contributed by atoms with Gasteiger partial charge in [-0.1, -0.05) is 66.2 Å². The summed E-state index contributed by atoms with van der Waals surface area (Å²) < 4.78 is 10.9. The van der Waals surface area contributed by atoms with Crippen LogP contribution in [0.4, 0.5) is 0 Å². The van der Waals surface area contributed by atoms with Gasteiger partial charge in [0, 0.05) is 5.02 Å². The van der Waals surface area contributed by atoms with Gasteiger partial charge in [0.1, 0.15) is 0 Å². The van der Waals surface area contributed by atoms with Gasteiger partial charge in [0.25, 0.3) is 0 Å². The number of fused-ring (bicyclic) bond motifs is 3. The summed E-state index contributed by atoms with van der Waals surface area (Å²) >= 11 is 6.03. The zero-order valence-corrected chi connectivity index (χ0v) is 15.0. The van der Waals surface area contributed by atoms with Crippen molar-refractivity contribution in [3.8, 4) is 22.3 Å². The second kappa shape index (κ2) is 6.94. The summed E-state index contributed by atoms with van der Waals surface area (Å²) in [4.78, 5) is 12.3. The van der Waals surface area contributed by atoms with E-state index < -0.39 is 12.1 Å². The van der Waals surface area contributed by atoms with Gasteiger partial charge < -0.3 is 9.47 Å². The summed E-state index contributed by atoms with van der Waals surface area (Å²) in [5, 5.41) is 0.697. The molecule has 26 heavy (non-hydrogen) atoms. The van der Waals surface area contributed by atoms with Gasteiger partial charge in [-0.25, -0.2) is 4.79 Å². The summed E-state index contributed by atoms with van der Waals surface area (Å²) in [6, 6.07) is 21.7. The van der Waals surface area contributed by atoms with Gasteiger partial charge in [-0.05, 0) is 45.5 Å². The molecule has 4 rings (SSSR count). The van der Waals surface area contributed by atoms with Crippen LogP contribution in [0.5, 0.6) is 0 Å². The molecule has 0 saturated heterocycles. The molecule has 1 atom stereocenters. The number of halogens is 1. The van der Waals surface area contributed by atoms with Crippen molar-refractivity contribution in [1.82, 2.24) is 0 Å². The van der Waals surface area contributed by atoms with E-state index in [-0.39, 0.29) is 0 Å². The van der Waals surface area contributed by atoms with Crippen LogP contribution in [0.2, 0.25) is 5.02 Å². The van der Waals surface area contributed by atoms with E-state index in [1.54, 1.807) is 0 Å². The van der Waals surface area contributed by atoms with E-state index in [0.717, 1.165) is 33.4 Å². The number of ether oxygens (including phenoxy) is 2. The van der Waals surface area contributed by atoms with Crippen LogP contribution < -0.4 is 0 Å². The Bertz CT molecular complexity index is 963. The fourth-order valence-electron chi connectivity index (χ4n) is 3.42. The molecule has 130 valence electrons. The van der Waals surface area contributed by atoms with Crippen molar-refractivity contribution in [2.45, 2.75) is 12.7 Å². The molecule has 1 unspecified atom stereocenters. The lowest BCUT2D eigenvalue weighted by Gasteiger charge is -2.15. The van der Waals surface area contributed by atoms with Crippen molar-refractivity contribution >= 4 is 17.6 Å². The number of benzene rings is 3. The molecule has 3 aromatic rings. The second-order valence-electron chi connectivity index (χ2n) is 6.14. The molecule has 0 spiro atoms. The zero-order valence-electron chi connectivity index (χ0n) is 14.2. The van der Waals surface area contributed by atoms with Crippen LogP contribution >= 0.6 is 11.6 Å². The number of carbonyl (C=O) groups excluding carboxylic acids is 1. The van der Waals surface area contributed by atoms with E-state index >= 15 is 0 Å². The fourth-order valence-corrected chi connectivity index (χ4v) is 3.55. The first-order valence-electron chi connectivity index (χ1n) is 8.35. The third kappa shape index (κ3) is 2.90. The maximum Gasteiger partial charge on any atom is 0.339 e. The highest BCUT2D eigenvalue weighted by molar-refractivity contribution is 6.30. The highest BCUT2D eigenvalue weighted by atomic mass is 35.5. The Morgan fingerprint density at radius 3 is 2.42 bits per heavy atom. The van der Waals surface area contributed by atoms with Gasteiger partial charge in [0.15, 0.2) is 6.10 Å². The first kappa shape index (κ1) is 16.8. The topological polar surface area (TPSA) is 35.5 Å². The minimum absolute atomic E-state index is 0.322. The molecule has 0 N–H and O–H groups in total. The predicted molar refractivity (Wildman–Crippen MR) is 102 cm³/mol. The Labute approximate surface area is 157 Å². The Hall–Kier alpha value is -2.62. The van der Waals surface area contributed by atoms with Crippen LogP contribution in [-0.2, 0) is 20.9 Å². The largest absolute Gasteiger partial charge is 0.467 e. The molecule has 0 aliphatic carbocycles. The lowest BCUT2D eigenvalue weighted by atomic mass is 9.90. The maximum absolute atomic E-state index is 12.3. The molecule has 1 aliphatic rings. The zero-order chi connectivity index (χ0) is 18.1. The smallest absolute Gasteiger partial charge is 0.339 e. The molecular formula is C22H17ClO3. The van der Waals surface area contributed by atoms with Crippen LogP contribution in [0.3, 0.4) is 0 Å². The molecule has 0 bridgehead atoms. The number of esters is 1. The second-order valence-corrected chi connectivity index (χ2v) is 6.58. The maximum atomic E-state index is 12.3. The van der Waals surface area contributed by atoms with Crippen LogP contribution in [-0.4, -0.2) is 13.1 Å². The van der Waals surface area contributed by atoms with Crippen LogP contribution in [0, 0.1) is 0 Å². The minimum Gasteiger partial charge on any atom is -0.467 e. The number of carbonyl (C=O) groups is 1. The number of rotatable bonds is 2. The molecule has 0 amide bonds. The van der Waals surface area contributed by atoms with Crippen molar-refractivity contribution in [3.05, 3.63) is 82.9 Å². The summed E-state index contributed by atoms with van der Waals surface area (Å²) in [6.45, 7) is 0.322. The molecule has 0 fully saturated rings. The molecule has 4 heteroatoms. The monoisotopic (exact) mass is 364 g/mol. The predicted octanol–water partition coefficient (Wildman–Crippen LogP) is 5.42. The van der Waals surface area contributed by atoms with Gasteiger partial charge >= 0.3 is 5.97 Å². The third-order valence-corrected chi connectivity index (χ3v) is 4.93. The number of methoxy groups -OCH3 is 1. The minimum atomic E-state index is -0.735. The molecule has 1 heterocycles. The molecule has 3 aromatic carbocycles. The quantitative estimate of drug-likeness (QED) is 0.570. The fraction of sp³-hybridized carbons (Fsp3) is 0.136. The summed E-state index contributed by atoms with van der Waals surface area (Å²) in [6.07, 6.45) is -0.735. The van der Waals surface area contributed by atoms with Gasteiger partial charge in [0.2, 0.25) is 0 Å². The van der Waals surface area contributed by atoms with Crippen molar-refractivity contribution in [1.29, 1.82) is 0 Å². The van der Waals surface area contributed by atoms with E-state index in [1.807, 2.05) is 54.6 Å². The van der Waals surface area contributed by atoms with Crippen LogP contribution in [0.15, 0.2) is 66.7 Å². The normalized spacial score (nSPS) is 15.5. The third-order valence-electron chi connectivity index (χ3n) is 4.67. The number of hydrogen-bond donors (Lipinski definition) is 0. The van der Waals surface area contributed by atoms with Crippen LogP contribution in [0.1, 0.15) is 17.2 Å². The summed E-state index contributed by atoms with van der Waals surface area (Å²) in [5.74, 6) is -0.390. The van der Waals surface area contributed by atoms with Gasteiger partial charge in [-0.3, -0.25) is 0 Å². The highest BCUT2D eigenvalue weighted by Crippen LogP contribution is 2.41. The molecule has 0 aromatic heterocycles. The van der Waals surface area contributed by atoms with E-state index in [4.69, 9.17) is 21.1 Å². The lowest BCUT2D eigenvalue weighted by molar-refractivity contribution is -0.155. The summed E-state index contributed by atoms with van der Waals surface area (Å²) in [5.41, 5.74) is 6.06. The van der Waals surface area contributed by atoms with E-state index in [1.165, 1.54) is 7.11 Å². The van der Waals surface area contributed by atoms with E-state index in [2.05, 4.69) is 12.1 Å². The standard InChI is InChI=1S/C22H17ClO3/c1-25-22(24)21-19-6-3-2-5-17(19)18-8-4-7-16(20(18)13-26-21)14-9-11-15(23)12-10-14/h2-12,21H,13H2,1H3. The van der Waals surface area contributed by atoms with Crippen molar-refractivity contribution in [2.75, 3.05) is 7.11 Å². The van der Waals surface area contributed by atoms with Crippen molar-refractivity contribution < 1.29 is 14.3 Å². The Morgan fingerprint density at radius 2 is 1.65 bits per heavy atom. The van der Waals surface area contributed by atoms with E-state index in [9.17, 15) is 4.79 Å². The molecular weight excluding hydrogens is 348 g/mol.